The number of hydrogen-bond donors (Lipinski definition) is 0. The summed E-state index contributed by atoms with van der Waals surface area (Å²) >= 11 is 0. The van der Waals surface area contributed by atoms with Gasteiger partial charge < -0.3 is 23.7 Å². The van der Waals surface area contributed by atoms with Crippen LogP contribution in [0, 0.1) is 13.8 Å². The summed E-state index contributed by atoms with van der Waals surface area (Å²) in [6, 6.07) is 13.5. The lowest BCUT2D eigenvalue weighted by atomic mass is 9.99. The maximum Gasteiger partial charge on any atom is 0.217 e. The number of benzene rings is 1. The average Bonchev–Trinajstić information content (AvgIpc) is 2.82. The van der Waals surface area contributed by atoms with E-state index < -0.39 is 0 Å². The molecule has 168 valence electrons. The van der Waals surface area contributed by atoms with Crippen LogP contribution in [0.4, 0.5) is 0 Å². The Balaban J connectivity index is 1.53. The third-order valence-corrected chi connectivity index (χ3v) is 5.18. The highest BCUT2D eigenvalue weighted by Gasteiger charge is 2.17. The van der Waals surface area contributed by atoms with Gasteiger partial charge in [-0.15, -0.1) is 0 Å². The standard InChI is InChI=1S/C25H28N2O5/c1-17-10-20(31-14-19-6-4-5-7-26-19)11-18(2)25(17)23-12-21(13-24(27-23)28-3)32-16-22-15-29-8-9-30-22/h4-7,10-13,22H,8-9,14-16H2,1-3H3/t22-/m1/s1. The van der Waals surface area contributed by atoms with Gasteiger partial charge in [-0.05, 0) is 49.2 Å². The van der Waals surface area contributed by atoms with Crippen molar-refractivity contribution < 1.29 is 23.7 Å². The number of aromatic nitrogens is 2. The molecule has 3 heterocycles. The molecule has 1 saturated heterocycles. The summed E-state index contributed by atoms with van der Waals surface area (Å²) in [5, 5.41) is 0. The first-order chi connectivity index (χ1) is 15.6. The van der Waals surface area contributed by atoms with Crippen LogP contribution in [0.1, 0.15) is 16.8 Å². The van der Waals surface area contributed by atoms with Gasteiger partial charge in [0.05, 0.1) is 38.3 Å². The Morgan fingerprint density at radius 3 is 2.50 bits per heavy atom. The van der Waals surface area contributed by atoms with Gasteiger partial charge in [0.15, 0.2) is 0 Å². The number of aryl methyl sites for hydroxylation is 2. The first-order valence-corrected chi connectivity index (χ1v) is 10.6. The molecule has 1 aliphatic heterocycles. The van der Waals surface area contributed by atoms with Crippen LogP contribution in [-0.4, -0.2) is 49.6 Å². The molecule has 0 amide bonds. The third-order valence-electron chi connectivity index (χ3n) is 5.18. The molecule has 32 heavy (non-hydrogen) atoms. The third kappa shape index (κ3) is 5.55. The summed E-state index contributed by atoms with van der Waals surface area (Å²) < 4.78 is 28.5. The molecule has 0 unspecified atom stereocenters. The molecule has 0 saturated carbocycles. The number of nitrogens with zero attached hydrogens (tertiary/aromatic N) is 2. The molecule has 0 radical (unpaired) electrons. The summed E-state index contributed by atoms with van der Waals surface area (Å²) in [5.74, 6) is 1.96. The summed E-state index contributed by atoms with van der Waals surface area (Å²) in [6.45, 7) is 6.67. The maximum absolute atomic E-state index is 5.98. The van der Waals surface area contributed by atoms with Crippen molar-refractivity contribution in [3.63, 3.8) is 0 Å². The molecule has 3 aromatic rings. The molecule has 4 rings (SSSR count). The largest absolute Gasteiger partial charge is 0.491 e. The zero-order valence-electron chi connectivity index (χ0n) is 18.7. The molecule has 2 aromatic heterocycles. The van der Waals surface area contributed by atoms with E-state index in [-0.39, 0.29) is 6.10 Å². The molecular formula is C25H28N2O5. The quantitative estimate of drug-likeness (QED) is 0.525. The fourth-order valence-electron chi connectivity index (χ4n) is 3.67. The van der Waals surface area contributed by atoms with Crippen molar-refractivity contribution in [2.75, 3.05) is 33.5 Å². The Hall–Kier alpha value is -3.16. The predicted octanol–water partition coefficient (Wildman–Crippen LogP) is 4.14. The van der Waals surface area contributed by atoms with Crippen LogP contribution in [0.25, 0.3) is 11.3 Å². The fourth-order valence-corrected chi connectivity index (χ4v) is 3.67. The van der Waals surface area contributed by atoms with Crippen molar-refractivity contribution in [2.24, 2.45) is 0 Å². The normalized spacial score (nSPS) is 15.9. The second kappa shape index (κ2) is 10.4. The average molecular weight is 437 g/mol. The van der Waals surface area contributed by atoms with Crippen LogP contribution >= 0.6 is 0 Å². The Labute approximate surface area is 188 Å². The van der Waals surface area contributed by atoms with Gasteiger partial charge in [-0.1, -0.05) is 6.07 Å². The first kappa shape index (κ1) is 22.0. The molecule has 0 spiro atoms. The maximum atomic E-state index is 5.98. The minimum Gasteiger partial charge on any atom is -0.491 e. The van der Waals surface area contributed by atoms with Gasteiger partial charge in [0.1, 0.15) is 30.8 Å². The summed E-state index contributed by atoms with van der Waals surface area (Å²) in [6.07, 6.45) is 1.69. The number of ether oxygens (including phenoxy) is 5. The molecule has 0 bridgehead atoms. The van der Waals surface area contributed by atoms with E-state index in [0.29, 0.717) is 44.7 Å². The van der Waals surface area contributed by atoms with Crippen molar-refractivity contribution in [1.82, 2.24) is 9.97 Å². The van der Waals surface area contributed by atoms with E-state index in [9.17, 15) is 0 Å². The van der Waals surface area contributed by atoms with Crippen molar-refractivity contribution in [2.45, 2.75) is 26.6 Å². The first-order valence-electron chi connectivity index (χ1n) is 10.6. The van der Waals surface area contributed by atoms with Gasteiger partial charge in [-0.2, -0.15) is 0 Å². The van der Waals surface area contributed by atoms with Crippen molar-refractivity contribution in [3.05, 3.63) is 65.5 Å². The monoisotopic (exact) mass is 436 g/mol. The lowest BCUT2D eigenvalue weighted by Gasteiger charge is -2.23. The van der Waals surface area contributed by atoms with Gasteiger partial charge >= 0.3 is 0 Å². The molecule has 1 aliphatic rings. The topological polar surface area (TPSA) is 71.9 Å². The van der Waals surface area contributed by atoms with E-state index in [2.05, 4.69) is 9.97 Å². The molecule has 0 aliphatic carbocycles. The van der Waals surface area contributed by atoms with Gasteiger partial charge in [0.25, 0.3) is 0 Å². The van der Waals surface area contributed by atoms with E-state index in [0.717, 1.165) is 33.8 Å². The lowest BCUT2D eigenvalue weighted by molar-refractivity contribution is -0.101. The molecule has 7 nitrogen and oxygen atoms in total. The molecule has 7 heteroatoms. The predicted molar refractivity (Wildman–Crippen MR) is 120 cm³/mol. The van der Waals surface area contributed by atoms with Gasteiger partial charge in [0.2, 0.25) is 5.88 Å². The van der Waals surface area contributed by atoms with Crippen molar-refractivity contribution in [3.8, 4) is 28.6 Å². The number of pyridine rings is 2. The Bertz CT molecular complexity index is 1010. The van der Waals surface area contributed by atoms with Crippen LogP contribution in [0.3, 0.4) is 0 Å². The van der Waals surface area contributed by atoms with E-state index in [4.69, 9.17) is 23.7 Å². The zero-order chi connectivity index (χ0) is 22.3. The van der Waals surface area contributed by atoms with Gasteiger partial charge in [0, 0.05) is 23.9 Å². The van der Waals surface area contributed by atoms with E-state index in [1.165, 1.54) is 0 Å². The second-order valence-electron chi connectivity index (χ2n) is 7.65. The molecule has 1 fully saturated rings. The number of rotatable bonds is 8. The van der Waals surface area contributed by atoms with E-state index in [1.807, 2.05) is 50.2 Å². The summed E-state index contributed by atoms with van der Waals surface area (Å²) in [4.78, 5) is 8.96. The molecule has 0 N–H and O–H groups in total. The lowest BCUT2D eigenvalue weighted by Crippen LogP contribution is -2.33. The van der Waals surface area contributed by atoms with Crippen molar-refractivity contribution in [1.29, 1.82) is 0 Å². The second-order valence-corrected chi connectivity index (χ2v) is 7.65. The number of hydrogen-bond acceptors (Lipinski definition) is 7. The molecule has 1 atom stereocenters. The smallest absolute Gasteiger partial charge is 0.217 e. The van der Waals surface area contributed by atoms with Crippen LogP contribution < -0.4 is 14.2 Å². The van der Waals surface area contributed by atoms with E-state index >= 15 is 0 Å². The minimum atomic E-state index is -0.0784. The van der Waals surface area contributed by atoms with Gasteiger partial charge in [-0.25, -0.2) is 4.98 Å². The van der Waals surface area contributed by atoms with Crippen molar-refractivity contribution >= 4 is 0 Å². The Kier molecular flexibility index (Phi) is 7.19. The summed E-state index contributed by atoms with van der Waals surface area (Å²) in [5.41, 5.74) is 4.80. The Morgan fingerprint density at radius 2 is 1.81 bits per heavy atom. The van der Waals surface area contributed by atoms with E-state index in [1.54, 1.807) is 19.4 Å². The highest BCUT2D eigenvalue weighted by Crippen LogP contribution is 2.33. The molecular weight excluding hydrogens is 408 g/mol. The van der Waals surface area contributed by atoms with Crippen LogP contribution in [-0.2, 0) is 16.1 Å². The Morgan fingerprint density at radius 1 is 1.00 bits per heavy atom. The highest BCUT2D eigenvalue weighted by atomic mass is 16.6. The van der Waals surface area contributed by atoms with Crippen LogP contribution in [0.2, 0.25) is 0 Å². The minimum absolute atomic E-state index is 0.0784. The molecule has 1 aromatic carbocycles. The summed E-state index contributed by atoms with van der Waals surface area (Å²) in [7, 11) is 1.60. The fraction of sp³-hybridized carbons (Fsp3) is 0.360. The SMILES string of the molecule is COc1cc(OC[C@H]2COCCO2)cc(-c2c(C)cc(OCc3ccccn3)cc2C)n1. The number of methoxy groups -OCH3 is 1. The van der Waals surface area contributed by atoms with Crippen LogP contribution in [0.15, 0.2) is 48.7 Å². The van der Waals surface area contributed by atoms with Gasteiger partial charge in [-0.3, -0.25) is 4.98 Å². The van der Waals surface area contributed by atoms with Crippen LogP contribution in [0.5, 0.6) is 17.4 Å². The highest BCUT2D eigenvalue weighted by molar-refractivity contribution is 5.70. The zero-order valence-corrected chi connectivity index (χ0v) is 18.7.